The summed E-state index contributed by atoms with van der Waals surface area (Å²) < 4.78 is 10.7. The first-order valence-corrected chi connectivity index (χ1v) is 7.13. The summed E-state index contributed by atoms with van der Waals surface area (Å²) in [6.45, 7) is 10.0. The molecule has 1 saturated heterocycles. The van der Waals surface area contributed by atoms with Crippen LogP contribution >= 0.6 is 0 Å². The van der Waals surface area contributed by atoms with Crippen LogP contribution < -0.4 is 0 Å². The maximum atomic E-state index is 5.60. The zero-order chi connectivity index (χ0) is 13.9. The first-order valence-electron chi connectivity index (χ1n) is 7.13. The van der Waals surface area contributed by atoms with Gasteiger partial charge >= 0.3 is 0 Å². The summed E-state index contributed by atoms with van der Waals surface area (Å²) in [6.07, 6.45) is 10.9. The number of allylic oxidation sites excluding steroid dienone is 4. The lowest BCUT2D eigenvalue weighted by Gasteiger charge is -2.26. The molecule has 0 saturated carbocycles. The molecule has 0 radical (unpaired) electrons. The first kappa shape index (κ1) is 15.8. The van der Waals surface area contributed by atoms with Crippen LogP contribution in [0.5, 0.6) is 0 Å². The van der Waals surface area contributed by atoms with Gasteiger partial charge in [-0.05, 0) is 51.4 Å². The average molecular weight is 265 g/mol. The van der Waals surface area contributed by atoms with Gasteiger partial charge in [-0.15, -0.1) is 0 Å². The summed E-state index contributed by atoms with van der Waals surface area (Å²) >= 11 is 0. The molecule has 108 valence electrons. The van der Waals surface area contributed by atoms with Crippen molar-refractivity contribution < 1.29 is 9.47 Å². The molecule has 1 aliphatic rings. The van der Waals surface area contributed by atoms with E-state index in [1.807, 2.05) is 25.2 Å². The molecule has 0 unspecified atom stereocenters. The van der Waals surface area contributed by atoms with E-state index in [0.29, 0.717) is 0 Å². The monoisotopic (exact) mass is 265 g/mol. The lowest BCUT2D eigenvalue weighted by Crippen LogP contribution is -2.32. The third-order valence-corrected chi connectivity index (χ3v) is 3.31. The minimum atomic E-state index is 0.732. The standard InChI is InChI=1S/C16H27NO2/c1-15(18-3)9-5-6-10-16(2)19-14-13-17-11-7-4-8-12-17/h6,9-10H,2,4-5,7-8,11-14H2,1,3H3. The first-order chi connectivity index (χ1) is 9.22. The van der Waals surface area contributed by atoms with Crippen LogP contribution in [0.15, 0.2) is 36.3 Å². The molecule has 0 aromatic rings. The van der Waals surface area contributed by atoms with Crippen molar-refractivity contribution in [3.63, 3.8) is 0 Å². The normalized spacial score (nSPS) is 17.7. The number of ether oxygens (including phenoxy) is 2. The summed E-state index contributed by atoms with van der Waals surface area (Å²) in [4.78, 5) is 2.46. The van der Waals surface area contributed by atoms with Crippen LogP contribution in [0.1, 0.15) is 32.6 Å². The Morgan fingerprint density at radius 3 is 2.68 bits per heavy atom. The van der Waals surface area contributed by atoms with Gasteiger partial charge in [-0.1, -0.05) is 19.1 Å². The molecule has 0 amide bonds. The van der Waals surface area contributed by atoms with Crippen LogP contribution in [0, 0.1) is 0 Å². The van der Waals surface area contributed by atoms with E-state index in [1.54, 1.807) is 7.11 Å². The summed E-state index contributed by atoms with van der Waals surface area (Å²) in [7, 11) is 1.68. The molecule has 0 atom stereocenters. The molecule has 0 spiro atoms. The second-order valence-electron chi connectivity index (χ2n) is 4.87. The largest absolute Gasteiger partial charge is 0.502 e. The van der Waals surface area contributed by atoms with Crippen molar-refractivity contribution in [1.29, 1.82) is 0 Å². The van der Waals surface area contributed by atoms with E-state index in [4.69, 9.17) is 9.47 Å². The van der Waals surface area contributed by atoms with Gasteiger partial charge in [-0.25, -0.2) is 0 Å². The molecule has 0 aromatic carbocycles. The summed E-state index contributed by atoms with van der Waals surface area (Å²) in [6, 6.07) is 0. The Balaban J connectivity index is 2.08. The van der Waals surface area contributed by atoms with Crippen molar-refractivity contribution in [3.8, 4) is 0 Å². The molecule has 19 heavy (non-hydrogen) atoms. The second-order valence-corrected chi connectivity index (χ2v) is 4.87. The van der Waals surface area contributed by atoms with E-state index in [1.165, 1.54) is 32.4 Å². The lowest BCUT2D eigenvalue weighted by atomic mass is 10.1. The Morgan fingerprint density at radius 1 is 1.26 bits per heavy atom. The van der Waals surface area contributed by atoms with Crippen LogP contribution in [-0.4, -0.2) is 38.3 Å². The lowest BCUT2D eigenvalue weighted by molar-refractivity contribution is 0.149. The predicted octanol–water partition coefficient (Wildman–Crippen LogP) is 3.50. The maximum Gasteiger partial charge on any atom is 0.111 e. The van der Waals surface area contributed by atoms with E-state index in [2.05, 4.69) is 11.5 Å². The summed E-state index contributed by atoms with van der Waals surface area (Å²) in [5.74, 6) is 1.67. The van der Waals surface area contributed by atoms with Crippen LogP contribution in [0.4, 0.5) is 0 Å². The van der Waals surface area contributed by atoms with Gasteiger partial charge in [-0.3, -0.25) is 4.90 Å². The van der Waals surface area contributed by atoms with Crippen molar-refractivity contribution >= 4 is 0 Å². The highest BCUT2D eigenvalue weighted by atomic mass is 16.5. The third-order valence-electron chi connectivity index (χ3n) is 3.31. The third kappa shape index (κ3) is 7.73. The maximum absolute atomic E-state index is 5.60. The smallest absolute Gasteiger partial charge is 0.111 e. The highest BCUT2D eigenvalue weighted by Crippen LogP contribution is 2.08. The van der Waals surface area contributed by atoms with Crippen LogP contribution in [0.25, 0.3) is 0 Å². The predicted molar refractivity (Wildman–Crippen MR) is 79.9 cm³/mol. The molecule has 1 fully saturated rings. The molecule has 3 nitrogen and oxygen atoms in total. The van der Waals surface area contributed by atoms with Gasteiger partial charge in [-0.2, -0.15) is 0 Å². The van der Waals surface area contributed by atoms with E-state index in [9.17, 15) is 0 Å². The Bertz CT molecular complexity index is 315. The molecule has 0 aromatic heterocycles. The minimum Gasteiger partial charge on any atom is -0.502 e. The number of likely N-dealkylation sites (tertiary alicyclic amines) is 1. The van der Waals surface area contributed by atoms with Crippen molar-refractivity contribution in [2.75, 3.05) is 33.4 Å². The fourth-order valence-electron chi connectivity index (χ4n) is 2.05. The Morgan fingerprint density at radius 2 is 2.00 bits per heavy atom. The van der Waals surface area contributed by atoms with Gasteiger partial charge in [0, 0.05) is 6.54 Å². The van der Waals surface area contributed by atoms with Crippen molar-refractivity contribution in [2.45, 2.75) is 32.6 Å². The number of hydrogen-bond donors (Lipinski definition) is 0. The van der Waals surface area contributed by atoms with Crippen molar-refractivity contribution in [1.82, 2.24) is 4.90 Å². The van der Waals surface area contributed by atoms with Gasteiger partial charge in [0.25, 0.3) is 0 Å². The molecular weight excluding hydrogens is 238 g/mol. The number of hydrogen-bond acceptors (Lipinski definition) is 3. The minimum absolute atomic E-state index is 0.732. The second kappa shape index (κ2) is 9.68. The highest BCUT2D eigenvalue weighted by molar-refractivity contribution is 5.09. The molecule has 3 heteroatoms. The van der Waals surface area contributed by atoms with E-state index in [-0.39, 0.29) is 0 Å². The molecule has 0 N–H and O–H groups in total. The number of nitrogens with zero attached hydrogens (tertiary/aromatic N) is 1. The fourth-order valence-corrected chi connectivity index (χ4v) is 2.05. The quantitative estimate of drug-likeness (QED) is 0.495. The Labute approximate surface area is 117 Å². The van der Waals surface area contributed by atoms with Gasteiger partial charge in [0.15, 0.2) is 0 Å². The molecular formula is C16H27NO2. The van der Waals surface area contributed by atoms with Crippen LogP contribution in [0.2, 0.25) is 0 Å². The zero-order valence-electron chi connectivity index (χ0n) is 12.4. The van der Waals surface area contributed by atoms with Crippen LogP contribution in [0.3, 0.4) is 0 Å². The Hall–Kier alpha value is -1.22. The highest BCUT2D eigenvalue weighted by Gasteiger charge is 2.09. The van der Waals surface area contributed by atoms with E-state index >= 15 is 0 Å². The molecule has 1 heterocycles. The van der Waals surface area contributed by atoms with Crippen molar-refractivity contribution in [3.05, 3.63) is 36.3 Å². The molecule has 0 aliphatic carbocycles. The molecule has 0 bridgehead atoms. The number of methoxy groups -OCH3 is 1. The van der Waals surface area contributed by atoms with E-state index in [0.717, 1.165) is 31.1 Å². The van der Waals surface area contributed by atoms with Crippen molar-refractivity contribution in [2.24, 2.45) is 0 Å². The van der Waals surface area contributed by atoms with Gasteiger partial charge in [0.05, 0.1) is 12.9 Å². The molecule has 1 rings (SSSR count). The van der Waals surface area contributed by atoms with Gasteiger partial charge < -0.3 is 9.47 Å². The Kier molecular flexibility index (Phi) is 8.07. The van der Waals surface area contributed by atoms with Crippen LogP contribution in [-0.2, 0) is 9.47 Å². The summed E-state index contributed by atoms with van der Waals surface area (Å²) in [5, 5.41) is 0. The zero-order valence-corrected chi connectivity index (χ0v) is 12.4. The fraction of sp³-hybridized carbons (Fsp3) is 0.625. The average Bonchev–Trinajstić information content (AvgIpc) is 2.44. The summed E-state index contributed by atoms with van der Waals surface area (Å²) in [5.41, 5.74) is 0. The van der Waals surface area contributed by atoms with Gasteiger partial charge in [0.1, 0.15) is 12.4 Å². The topological polar surface area (TPSA) is 21.7 Å². The SMILES string of the molecule is C=C(C=CCC=C(C)OC)OCCN1CCCCC1. The number of rotatable bonds is 8. The van der Waals surface area contributed by atoms with Gasteiger partial charge in [0.2, 0.25) is 0 Å². The number of piperidine rings is 1. The molecule has 1 aliphatic heterocycles. The van der Waals surface area contributed by atoms with E-state index < -0.39 is 0 Å².